The number of nitrogens with one attached hydrogen (secondary N) is 1. The van der Waals surface area contributed by atoms with E-state index in [0.717, 1.165) is 38.5 Å². The Morgan fingerprint density at radius 1 is 1.21 bits per heavy atom. The fraction of sp³-hybridized carbons (Fsp3) is 0.571. The molecule has 2 rings (SSSR count). The van der Waals surface area contributed by atoms with E-state index in [2.05, 4.69) is 5.32 Å². The SMILES string of the molecule is FC(F)(F)c1cccc(CNC2CCCOCC2)c1. The third-order valence-electron chi connectivity index (χ3n) is 3.30. The Bertz CT molecular complexity index is 398. The minimum atomic E-state index is -4.27. The molecule has 5 heteroatoms. The number of benzene rings is 1. The third-order valence-corrected chi connectivity index (χ3v) is 3.30. The first kappa shape index (κ1) is 14.3. The molecule has 0 radical (unpaired) electrons. The predicted molar refractivity (Wildman–Crippen MR) is 66.7 cm³/mol. The van der Waals surface area contributed by atoms with Crippen LogP contribution in [0.25, 0.3) is 0 Å². The molecule has 1 fully saturated rings. The summed E-state index contributed by atoms with van der Waals surface area (Å²) in [5.74, 6) is 0. The van der Waals surface area contributed by atoms with Gasteiger partial charge in [0.1, 0.15) is 0 Å². The minimum absolute atomic E-state index is 0.331. The van der Waals surface area contributed by atoms with Gasteiger partial charge in [0.2, 0.25) is 0 Å². The summed E-state index contributed by atoms with van der Waals surface area (Å²) in [5, 5.41) is 3.31. The van der Waals surface area contributed by atoms with E-state index in [1.807, 2.05) is 0 Å². The van der Waals surface area contributed by atoms with E-state index in [9.17, 15) is 13.2 Å². The van der Waals surface area contributed by atoms with E-state index in [1.165, 1.54) is 12.1 Å². The molecular formula is C14H18F3NO. The van der Waals surface area contributed by atoms with Crippen LogP contribution in [0.5, 0.6) is 0 Å². The van der Waals surface area contributed by atoms with Crippen LogP contribution in [0.1, 0.15) is 30.4 Å². The summed E-state index contributed by atoms with van der Waals surface area (Å²) in [6, 6.07) is 5.81. The monoisotopic (exact) mass is 273 g/mol. The van der Waals surface area contributed by atoms with Gasteiger partial charge in [-0.1, -0.05) is 18.2 Å². The summed E-state index contributed by atoms with van der Waals surface area (Å²) in [5.41, 5.74) is 0.0796. The van der Waals surface area contributed by atoms with Crippen molar-refractivity contribution in [2.45, 2.75) is 38.0 Å². The van der Waals surface area contributed by atoms with Gasteiger partial charge in [0, 0.05) is 25.8 Å². The molecule has 1 N–H and O–H groups in total. The minimum Gasteiger partial charge on any atom is -0.381 e. The molecule has 0 bridgehead atoms. The molecule has 19 heavy (non-hydrogen) atoms. The smallest absolute Gasteiger partial charge is 0.381 e. The van der Waals surface area contributed by atoms with Crippen molar-refractivity contribution in [2.24, 2.45) is 0 Å². The quantitative estimate of drug-likeness (QED) is 0.911. The lowest BCUT2D eigenvalue weighted by molar-refractivity contribution is -0.137. The number of halogens is 3. The molecule has 0 saturated carbocycles. The van der Waals surface area contributed by atoms with E-state index in [1.54, 1.807) is 6.07 Å². The largest absolute Gasteiger partial charge is 0.416 e. The number of ether oxygens (including phenoxy) is 1. The van der Waals surface area contributed by atoms with Gasteiger partial charge >= 0.3 is 6.18 Å². The first-order chi connectivity index (χ1) is 9.05. The van der Waals surface area contributed by atoms with Crippen molar-refractivity contribution in [3.63, 3.8) is 0 Å². The molecule has 1 aliphatic heterocycles. The lowest BCUT2D eigenvalue weighted by Crippen LogP contribution is -2.28. The summed E-state index contributed by atoms with van der Waals surface area (Å²) in [4.78, 5) is 0. The average molecular weight is 273 g/mol. The van der Waals surface area contributed by atoms with E-state index in [4.69, 9.17) is 4.74 Å². The second kappa shape index (κ2) is 6.39. The first-order valence-corrected chi connectivity index (χ1v) is 6.53. The van der Waals surface area contributed by atoms with Crippen LogP contribution < -0.4 is 5.32 Å². The fourth-order valence-electron chi connectivity index (χ4n) is 2.23. The average Bonchev–Trinajstić information content (AvgIpc) is 2.64. The van der Waals surface area contributed by atoms with Crippen LogP contribution in [0.3, 0.4) is 0 Å². The van der Waals surface area contributed by atoms with Gasteiger partial charge in [-0.2, -0.15) is 13.2 Å². The highest BCUT2D eigenvalue weighted by molar-refractivity contribution is 5.25. The molecule has 1 saturated heterocycles. The van der Waals surface area contributed by atoms with Crippen molar-refractivity contribution < 1.29 is 17.9 Å². The Kier molecular flexibility index (Phi) is 4.82. The highest BCUT2D eigenvalue weighted by Crippen LogP contribution is 2.29. The van der Waals surface area contributed by atoms with E-state index in [0.29, 0.717) is 18.2 Å². The molecule has 1 aromatic carbocycles. The van der Waals surface area contributed by atoms with Crippen LogP contribution in [-0.2, 0) is 17.5 Å². The zero-order valence-electron chi connectivity index (χ0n) is 10.7. The van der Waals surface area contributed by atoms with Crippen LogP contribution >= 0.6 is 0 Å². The molecule has 0 aromatic heterocycles. The summed E-state index contributed by atoms with van der Waals surface area (Å²) < 4.78 is 43.1. The van der Waals surface area contributed by atoms with Crippen molar-refractivity contribution in [1.82, 2.24) is 5.32 Å². The normalized spacial score (nSPS) is 21.1. The highest BCUT2D eigenvalue weighted by atomic mass is 19.4. The van der Waals surface area contributed by atoms with Crippen LogP contribution in [-0.4, -0.2) is 19.3 Å². The highest BCUT2D eigenvalue weighted by Gasteiger charge is 2.30. The molecule has 0 aliphatic carbocycles. The topological polar surface area (TPSA) is 21.3 Å². The maximum atomic E-state index is 12.6. The van der Waals surface area contributed by atoms with Gasteiger partial charge < -0.3 is 10.1 Å². The fourth-order valence-corrected chi connectivity index (χ4v) is 2.23. The molecular weight excluding hydrogens is 255 g/mol. The Balaban J connectivity index is 1.92. The van der Waals surface area contributed by atoms with Gasteiger partial charge in [-0.3, -0.25) is 0 Å². The van der Waals surface area contributed by atoms with Gasteiger partial charge in [0.25, 0.3) is 0 Å². The molecule has 0 amide bonds. The van der Waals surface area contributed by atoms with Gasteiger partial charge in [-0.15, -0.1) is 0 Å². The third kappa shape index (κ3) is 4.51. The summed E-state index contributed by atoms with van der Waals surface area (Å²) >= 11 is 0. The van der Waals surface area contributed by atoms with Crippen molar-refractivity contribution in [2.75, 3.05) is 13.2 Å². The lowest BCUT2D eigenvalue weighted by atomic mass is 10.1. The van der Waals surface area contributed by atoms with Gasteiger partial charge in [0.15, 0.2) is 0 Å². The molecule has 106 valence electrons. The Labute approximate surface area is 111 Å². The van der Waals surface area contributed by atoms with Crippen molar-refractivity contribution >= 4 is 0 Å². The maximum Gasteiger partial charge on any atom is 0.416 e. The standard InChI is InChI=1S/C14H18F3NO/c15-14(16,17)12-4-1-3-11(9-12)10-18-13-5-2-7-19-8-6-13/h1,3-4,9,13,18H,2,5-8,10H2. The molecule has 0 spiro atoms. The number of hydrogen-bond donors (Lipinski definition) is 1. The molecule has 1 heterocycles. The van der Waals surface area contributed by atoms with Crippen molar-refractivity contribution in [1.29, 1.82) is 0 Å². The molecule has 1 aliphatic rings. The van der Waals surface area contributed by atoms with Gasteiger partial charge in [-0.05, 0) is 30.9 Å². The second-order valence-corrected chi connectivity index (χ2v) is 4.82. The Morgan fingerprint density at radius 2 is 2.05 bits per heavy atom. The zero-order valence-corrected chi connectivity index (χ0v) is 10.7. The van der Waals surface area contributed by atoms with Crippen molar-refractivity contribution in [3.8, 4) is 0 Å². The van der Waals surface area contributed by atoms with Gasteiger partial charge in [-0.25, -0.2) is 0 Å². The predicted octanol–water partition coefficient (Wildman–Crippen LogP) is 3.36. The van der Waals surface area contributed by atoms with Crippen molar-refractivity contribution in [3.05, 3.63) is 35.4 Å². The summed E-state index contributed by atoms with van der Waals surface area (Å²) in [7, 11) is 0. The molecule has 1 aromatic rings. The zero-order chi connectivity index (χ0) is 13.7. The molecule has 1 atom stereocenters. The summed E-state index contributed by atoms with van der Waals surface area (Å²) in [6.07, 6.45) is -1.34. The van der Waals surface area contributed by atoms with E-state index < -0.39 is 11.7 Å². The maximum absolute atomic E-state index is 12.6. The van der Waals surface area contributed by atoms with Crippen LogP contribution in [0.2, 0.25) is 0 Å². The molecule has 1 unspecified atom stereocenters. The Morgan fingerprint density at radius 3 is 2.84 bits per heavy atom. The van der Waals surface area contributed by atoms with Crippen LogP contribution in [0.4, 0.5) is 13.2 Å². The van der Waals surface area contributed by atoms with E-state index >= 15 is 0 Å². The molecule has 2 nitrogen and oxygen atoms in total. The number of hydrogen-bond acceptors (Lipinski definition) is 2. The van der Waals surface area contributed by atoms with Crippen LogP contribution in [0.15, 0.2) is 24.3 Å². The van der Waals surface area contributed by atoms with Crippen LogP contribution in [0, 0.1) is 0 Å². The Hall–Kier alpha value is -1.07. The van der Waals surface area contributed by atoms with E-state index in [-0.39, 0.29) is 0 Å². The lowest BCUT2D eigenvalue weighted by Gasteiger charge is -2.16. The number of alkyl halides is 3. The second-order valence-electron chi connectivity index (χ2n) is 4.82. The van der Waals surface area contributed by atoms with Gasteiger partial charge in [0.05, 0.1) is 5.56 Å². The number of rotatable bonds is 3. The first-order valence-electron chi connectivity index (χ1n) is 6.53. The summed E-state index contributed by atoms with van der Waals surface area (Å²) in [6.45, 7) is 1.97.